The number of hydrogen-bond acceptors (Lipinski definition) is 4. The van der Waals surface area contributed by atoms with Crippen LogP contribution in [-0.2, 0) is 16.1 Å². The Bertz CT molecular complexity index is 672. The molecule has 1 unspecified atom stereocenters. The van der Waals surface area contributed by atoms with Crippen LogP contribution in [0, 0.1) is 5.92 Å². The summed E-state index contributed by atoms with van der Waals surface area (Å²) in [7, 11) is 0. The molecule has 1 atom stereocenters. The van der Waals surface area contributed by atoms with Crippen molar-refractivity contribution in [1.29, 1.82) is 0 Å². The third-order valence-electron chi connectivity index (χ3n) is 5.39. The average molecular weight is 360 g/mol. The predicted molar refractivity (Wildman–Crippen MR) is 97.8 cm³/mol. The monoisotopic (exact) mass is 360 g/mol. The predicted octanol–water partition coefficient (Wildman–Crippen LogP) is 2.80. The Morgan fingerprint density at radius 1 is 1.23 bits per heavy atom. The quantitative estimate of drug-likeness (QED) is 0.750. The molecule has 0 aliphatic carbocycles. The Hall–Kier alpha value is -2.24. The van der Waals surface area contributed by atoms with E-state index in [2.05, 4.69) is 13.8 Å². The molecule has 1 saturated heterocycles. The zero-order chi connectivity index (χ0) is 18.7. The van der Waals surface area contributed by atoms with Crippen LogP contribution in [0.1, 0.15) is 45.6 Å². The molecule has 0 bridgehead atoms. The molecule has 6 nitrogen and oxygen atoms in total. The Balaban J connectivity index is 1.66. The lowest BCUT2D eigenvalue weighted by molar-refractivity contribution is -0.136. The van der Waals surface area contributed by atoms with E-state index in [0.29, 0.717) is 26.1 Å². The molecule has 0 radical (unpaired) electrons. The molecular weight excluding hydrogens is 332 g/mol. The zero-order valence-corrected chi connectivity index (χ0v) is 15.9. The fourth-order valence-corrected chi connectivity index (χ4v) is 3.84. The Morgan fingerprint density at radius 3 is 2.65 bits per heavy atom. The number of benzene rings is 1. The van der Waals surface area contributed by atoms with E-state index in [1.807, 2.05) is 34.9 Å². The van der Waals surface area contributed by atoms with Crippen molar-refractivity contribution in [2.24, 2.45) is 5.92 Å². The van der Waals surface area contributed by atoms with Crippen LogP contribution in [-0.4, -0.2) is 47.5 Å². The zero-order valence-electron chi connectivity index (χ0n) is 15.9. The summed E-state index contributed by atoms with van der Waals surface area (Å²) in [4.78, 5) is 29.1. The minimum Gasteiger partial charge on any atom is -0.454 e. The molecule has 6 heteroatoms. The summed E-state index contributed by atoms with van der Waals surface area (Å²) in [6.07, 6.45) is 2.18. The molecule has 2 amide bonds. The molecule has 3 rings (SSSR count). The minimum absolute atomic E-state index is 0.0620. The van der Waals surface area contributed by atoms with E-state index < -0.39 is 0 Å². The standard InChI is InChI=1S/C20H28N2O4/c1-4-16(5-2)22-12-15(10-19(22)23)20(24)21(6-3)11-14-7-8-17-18(9-14)26-13-25-17/h7-9,15-16H,4-6,10-13H2,1-3H3. The molecule has 1 fully saturated rings. The van der Waals surface area contributed by atoms with Gasteiger partial charge < -0.3 is 19.3 Å². The molecule has 1 aromatic carbocycles. The molecule has 1 aromatic rings. The number of likely N-dealkylation sites (tertiary alicyclic amines) is 1. The highest BCUT2D eigenvalue weighted by molar-refractivity contribution is 5.89. The Labute approximate surface area is 155 Å². The highest BCUT2D eigenvalue weighted by Crippen LogP contribution is 2.33. The second-order valence-corrected chi connectivity index (χ2v) is 6.96. The summed E-state index contributed by atoms with van der Waals surface area (Å²) in [6, 6.07) is 6.00. The first-order valence-corrected chi connectivity index (χ1v) is 9.54. The van der Waals surface area contributed by atoms with Crippen molar-refractivity contribution in [3.05, 3.63) is 23.8 Å². The van der Waals surface area contributed by atoms with Crippen molar-refractivity contribution in [2.45, 2.75) is 52.6 Å². The van der Waals surface area contributed by atoms with Crippen LogP contribution >= 0.6 is 0 Å². The molecule has 2 aliphatic heterocycles. The second-order valence-electron chi connectivity index (χ2n) is 6.96. The lowest BCUT2D eigenvalue weighted by atomic mass is 10.1. The van der Waals surface area contributed by atoms with Gasteiger partial charge in [0.2, 0.25) is 18.6 Å². The largest absolute Gasteiger partial charge is 0.454 e. The lowest BCUT2D eigenvalue weighted by Gasteiger charge is -2.27. The summed E-state index contributed by atoms with van der Waals surface area (Å²) in [5.74, 6) is 1.40. The maximum absolute atomic E-state index is 13.0. The van der Waals surface area contributed by atoms with Gasteiger partial charge in [0.25, 0.3) is 0 Å². The van der Waals surface area contributed by atoms with Gasteiger partial charge in [0.15, 0.2) is 11.5 Å². The molecule has 0 saturated carbocycles. The smallest absolute Gasteiger partial charge is 0.231 e. The van der Waals surface area contributed by atoms with Gasteiger partial charge in [0.05, 0.1) is 5.92 Å². The van der Waals surface area contributed by atoms with E-state index in [4.69, 9.17) is 9.47 Å². The van der Waals surface area contributed by atoms with Gasteiger partial charge >= 0.3 is 0 Å². The summed E-state index contributed by atoms with van der Waals surface area (Å²) in [6.45, 7) is 8.07. The van der Waals surface area contributed by atoms with Crippen molar-refractivity contribution in [3.8, 4) is 11.5 Å². The normalized spacial score (nSPS) is 18.7. The third kappa shape index (κ3) is 3.64. The van der Waals surface area contributed by atoms with Crippen molar-refractivity contribution in [1.82, 2.24) is 9.80 Å². The van der Waals surface area contributed by atoms with Crippen LogP contribution in [0.4, 0.5) is 0 Å². The van der Waals surface area contributed by atoms with Gasteiger partial charge in [0.1, 0.15) is 0 Å². The van der Waals surface area contributed by atoms with Gasteiger partial charge in [0, 0.05) is 32.1 Å². The fourth-order valence-electron chi connectivity index (χ4n) is 3.84. The van der Waals surface area contributed by atoms with E-state index in [1.54, 1.807) is 0 Å². The topological polar surface area (TPSA) is 59.1 Å². The van der Waals surface area contributed by atoms with Crippen LogP contribution in [0.15, 0.2) is 18.2 Å². The van der Waals surface area contributed by atoms with Crippen LogP contribution in [0.5, 0.6) is 11.5 Å². The van der Waals surface area contributed by atoms with Crippen molar-refractivity contribution in [2.75, 3.05) is 19.9 Å². The maximum Gasteiger partial charge on any atom is 0.231 e. The molecule has 2 aliphatic rings. The first-order valence-electron chi connectivity index (χ1n) is 9.54. The van der Waals surface area contributed by atoms with Gasteiger partial charge in [-0.15, -0.1) is 0 Å². The number of carbonyl (C=O) groups is 2. The van der Waals surface area contributed by atoms with Crippen LogP contribution < -0.4 is 9.47 Å². The molecular formula is C20H28N2O4. The van der Waals surface area contributed by atoms with E-state index in [-0.39, 0.29) is 30.6 Å². The van der Waals surface area contributed by atoms with E-state index in [1.165, 1.54) is 0 Å². The Morgan fingerprint density at radius 2 is 1.96 bits per heavy atom. The minimum atomic E-state index is -0.239. The van der Waals surface area contributed by atoms with E-state index in [0.717, 1.165) is 29.9 Å². The van der Waals surface area contributed by atoms with Crippen LogP contribution in [0.25, 0.3) is 0 Å². The van der Waals surface area contributed by atoms with Gasteiger partial charge in [-0.3, -0.25) is 9.59 Å². The third-order valence-corrected chi connectivity index (χ3v) is 5.39. The maximum atomic E-state index is 13.0. The first-order chi connectivity index (χ1) is 12.6. The molecule has 2 heterocycles. The average Bonchev–Trinajstić information content (AvgIpc) is 3.27. The van der Waals surface area contributed by atoms with Crippen molar-refractivity contribution < 1.29 is 19.1 Å². The molecule has 0 N–H and O–H groups in total. The second kappa shape index (κ2) is 7.98. The molecule has 26 heavy (non-hydrogen) atoms. The van der Waals surface area contributed by atoms with Crippen LogP contribution in [0.2, 0.25) is 0 Å². The van der Waals surface area contributed by atoms with Gasteiger partial charge in [-0.2, -0.15) is 0 Å². The van der Waals surface area contributed by atoms with Crippen molar-refractivity contribution in [3.63, 3.8) is 0 Å². The van der Waals surface area contributed by atoms with Gasteiger partial charge in [-0.25, -0.2) is 0 Å². The van der Waals surface area contributed by atoms with Crippen LogP contribution in [0.3, 0.4) is 0 Å². The highest BCUT2D eigenvalue weighted by atomic mass is 16.7. The number of rotatable bonds is 7. The molecule has 142 valence electrons. The molecule has 0 aromatic heterocycles. The number of hydrogen-bond donors (Lipinski definition) is 0. The van der Waals surface area contributed by atoms with E-state index >= 15 is 0 Å². The van der Waals surface area contributed by atoms with Crippen molar-refractivity contribution >= 4 is 11.8 Å². The SMILES string of the molecule is CCC(CC)N1CC(C(=O)N(CC)Cc2ccc3c(c2)OCO3)CC1=O. The van der Waals surface area contributed by atoms with Gasteiger partial charge in [-0.1, -0.05) is 19.9 Å². The summed E-state index contributed by atoms with van der Waals surface area (Å²) in [5.41, 5.74) is 1.01. The van der Waals surface area contributed by atoms with Gasteiger partial charge in [-0.05, 0) is 37.5 Å². The highest BCUT2D eigenvalue weighted by Gasteiger charge is 2.38. The fraction of sp³-hybridized carbons (Fsp3) is 0.600. The first kappa shape index (κ1) is 18.5. The molecule has 0 spiro atoms. The number of fused-ring (bicyclic) bond motifs is 1. The number of nitrogens with zero attached hydrogens (tertiary/aromatic N) is 2. The summed E-state index contributed by atoms with van der Waals surface area (Å²) < 4.78 is 10.8. The number of ether oxygens (including phenoxy) is 2. The van der Waals surface area contributed by atoms with E-state index in [9.17, 15) is 9.59 Å². The Kier molecular flexibility index (Phi) is 5.69. The number of carbonyl (C=O) groups excluding carboxylic acids is 2. The number of amides is 2. The lowest BCUT2D eigenvalue weighted by Crippen LogP contribution is -2.39. The summed E-state index contributed by atoms with van der Waals surface area (Å²) in [5, 5.41) is 0. The summed E-state index contributed by atoms with van der Waals surface area (Å²) >= 11 is 0.